The van der Waals surface area contributed by atoms with Gasteiger partial charge >= 0.3 is 0 Å². The quantitative estimate of drug-likeness (QED) is 0.475. The number of thiocarbonyl (C=S) groups is 1. The van der Waals surface area contributed by atoms with Gasteiger partial charge in [-0.25, -0.2) is 5.01 Å². The molecule has 3 aromatic carbocycles. The average Bonchev–Trinajstić information content (AvgIpc) is 3.05. The first kappa shape index (κ1) is 22.6. The molecule has 1 atom stereocenters. The van der Waals surface area contributed by atoms with Crippen LogP contribution in [-0.2, 0) is 9.59 Å². The van der Waals surface area contributed by atoms with E-state index in [1.165, 1.54) is 9.91 Å². The van der Waals surface area contributed by atoms with Crippen molar-refractivity contribution < 1.29 is 14.4 Å². The van der Waals surface area contributed by atoms with E-state index in [1.54, 1.807) is 78.9 Å². The Balaban J connectivity index is 1.58. The van der Waals surface area contributed by atoms with Crippen molar-refractivity contribution in [2.45, 2.75) is 12.5 Å². The van der Waals surface area contributed by atoms with Gasteiger partial charge in [-0.3, -0.25) is 24.7 Å². The highest BCUT2D eigenvalue weighted by molar-refractivity contribution is 9.10. The Bertz CT molecular complexity index is 1190. The summed E-state index contributed by atoms with van der Waals surface area (Å²) in [6, 6.07) is 23.5. The fourth-order valence-electron chi connectivity index (χ4n) is 3.40. The number of halogens is 1. The highest BCUT2D eigenvalue weighted by Crippen LogP contribution is 2.26. The van der Waals surface area contributed by atoms with Crippen LogP contribution in [0.2, 0.25) is 0 Å². The van der Waals surface area contributed by atoms with Gasteiger partial charge in [-0.2, -0.15) is 0 Å². The molecule has 1 saturated heterocycles. The summed E-state index contributed by atoms with van der Waals surface area (Å²) in [6.45, 7) is 0. The van der Waals surface area contributed by atoms with Crippen LogP contribution in [-0.4, -0.2) is 33.9 Å². The third-order valence-electron chi connectivity index (χ3n) is 4.99. The number of para-hydroxylation sites is 1. The van der Waals surface area contributed by atoms with E-state index in [1.807, 2.05) is 6.07 Å². The number of carbonyl (C=O) groups excluding carboxylic acids is 3. The van der Waals surface area contributed by atoms with Gasteiger partial charge in [-0.15, -0.1) is 0 Å². The van der Waals surface area contributed by atoms with Gasteiger partial charge in [-0.05, 0) is 60.7 Å². The summed E-state index contributed by atoms with van der Waals surface area (Å²) in [6.07, 6.45) is -0.201. The molecule has 3 aromatic rings. The van der Waals surface area contributed by atoms with Crippen LogP contribution in [0.4, 0.5) is 11.4 Å². The number of hydrazine groups is 1. The molecule has 0 aliphatic carbocycles. The molecule has 4 rings (SSSR count). The number of amides is 3. The van der Waals surface area contributed by atoms with E-state index in [0.29, 0.717) is 16.9 Å². The summed E-state index contributed by atoms with van der Waals surface area (Å²) in [4.78, 5) is 40.2. The normalized spacial score (nSPS) is 15.5. The Morgan fingerprint density at radius 3 is 2.15 bits per heavy atom. The molecule has 0 aromatic heterocycles. The van der Waals surface area contributed by atoms with Crippen molar-refractivity contribution in [1.82, 2.24) is 10.4 Å². The second-order valence-corrected chi connectivity index (χ2v) is 8.52. The zero-order chi connectivity index (χ0) is 23.4. The van der Waals surface area contributed by atoms with E-state index < -0.39 is 17.9 Å². The van der Waals surface area contributed by atoms with Gasteiger partial charge in [0.05, 0.1) is 12.1 Å². The van der Waals surface area contributed by atoms with Gasteiger partial charge in [-0.1, -0.05) is 52.3 Å². The number of nitrogens with one attached hydrogen (secondary N) is 2. The largest absolute Gasteiger partial charge is 0.326 e. The molecule has 0 spiro atoms. The third kappa shape index (κ3) is 5.10. The van der Waals surface area contributed by atoms with Crippen molar-refractivity contribution >= 4 is 62.4 Å². The molecule has 33 heavy (non-hydrogen) atoms. The summed E-state index contributed by atoms with van der Waals surface area (Å²) in [5.41, 5.74) is 4.26. The molecule has 7 nitrogen and oxygen atoms in total. The van der Waals surface area contributed by atoms with Gasteiger partial charge in [0.1, 0.15) is 6.04 Å². The predicted octanol–water partition coefficient (Wildman–Crippen LogP) is 4.13. The molecule has 1 heterocycles. The predicted molar refractivity (Wildman–Crippen MR) is 133 cm³/mol. The molecule has 2 N–H and O–H groups in total. The molecule has 3 amide bonds. The van der Waals surface area contributed by atoms with E-state index in [4.69, 9.17) is 12.2 Å². The molecule has 1 fully saturated rings. The van der Waals surface area contributed by atoms with Crippen LogP contribution in [0.1, 0.15) is 16.8 Å². The smallest absolute Gasteiger partial charge is 0.269 e. The number of anilines is 2. The molecule has 1 aliphatic rings. The van der Waals surface area contributed by atoms with Crippen LogP contribution in [0, 0.1) is 0 Å². The van der Waals surface area contributed by atoms with E-state index in [2.05, 4.69) is 26.7 Å². The summed E-state index contributed by atoms with van der Waals surface area (Å²) >= 11 is 8.89. The maximum absolute atomic E-state index is 13.3. The number of carbonyl (C=O) groups is 3. The second-order valence-electron chi connectivity index (χ2n) is 7.24. The SMILES string of the molecule is O=C(CC1C(=O)N(c2ccccc2)C(=S)N1NC(=O)c1ccccc1)Nc1ccc(Br)cc1. The molecular weight excluding hydrogens is 504 g/mol. The highest BCUT2D eigenvalue weighted by atomic mass is 79.9. The molecule has 1 aliphatic heterocycles. The van der Waals surface area contributed by atoms with Gasteiger partial charge in [0, 0.05) is 15.7 Å². The first-order valence-corrected chi connectivity index (χ1v) is 11.3. The standard InChI is InChI=1S/C24H19BrN4O3S/c25-17-11-13-18(14-12-17)26-21(30)15-20-23(32)28(19-9-5-2-6-10-19)24(33)29(20)27-22(31)16-7-3-1-4-8-16/h1-14,20H,15H2,(H,26,30)(H,27,31). The molecule has 0 bridgehead atoms. The average molecular weight is 523 g/mol. The maximum Gasteiger partial charge on any atom is 0.269 e. The zero-order valence-electron chi connectivity index (χ0n) is 17.3. The molecule has 0 radical (unpaired) electrons. The second kappa shape index (κ2) is 9.93. The van der Waals surface area contributed by atoms with Crippen LogP contribution in [0.25, 0.3) is 0 Å². The molecular formula is C24H19BrN4O3S. The van der Waals surface area contributed by atoms with Crippen molar-refractivity contribution in [3.05, 3.63) is 95.0 Å². The maximum atomic E-state index is 13.3. The lowest BCUT2D eigenvalue weighted by Crippen LogP contribution is -2.49. The Labute approximate surface area is 204 Å². The number of hydrogen-bond donors (Lipinski definition) is 2. The minimum absolute atomic E-state index is 0.0944. The van der Waals surface area contributed by atoms with E-state index in [0.717, 1.165) is 4.47 Å². The Hall–Kier alpha value is -3.56. The summed E-state index contributed by atoms with van der Waals surface area (Å²) in [5.74, 6) is -1.21. The van der Waals surface area contributed by atoms with Crippen molar-refractivity contribution in [1.29, 1.82) is 0 Å². The summed E-state index contributed by atoms with van der Waals surface area (Å²) in [5, 5.41) is 4.17. The summed E-state index contributed by atoms with van der Waals surface area (Å²) < 4.78 is 0.880. The molecule has 0 saturated carbocycles. The zero-order valence-corrected chi connectivity index (χ0v) is 19.7. The first-order chi connectivity index (χ1) is 15.9. The molecule has 9 heteroatoms. The van der Waals surface area contributed by atoms with Gasteiger partial charge in [0.2, 0.25) is 11.0 Å². The Morgan fingerprint density at radius 2 is 1.52 bits per heavy atom. The topological polar surface area (TPSA) is 81.8 Å². The minimum atomic E-state index is -0.999. The highest BCUT2D eigenvalue weighted by Gasteiger charge is 2.45. The third-order valence-corrected chi connectivity index (χ3v) is 5.90. The Morgan fingerprint density at radius 1 is 0.909 bits per heavy atom. The molecule has 1 unspecified atom stereocenters. The van der Waals surface area contributed by atoms with Crippen LogP contribution in [0.5, 0.6) is 0 Å². The van der Waals surface area contributed by atoms with Gasteiger partial charge in [0.15, 0.2) is 0 Å². The van der Waals surface area contributed by atoms with E-state index in [-0.39, 0.29) is 17.4 Å². The minimum Gasteiger partial charge on any atom is -0.326 e. The van der Waals surface area contributed by atoms with Crippen LogP contribution < -0.4 is 15.6 Å². The monoisotopic (exact) mass is 522 g/mol. The van der Waals surface area contributed by atoms with E-state index in [9.17, 15) is 14.4 Å². The Kier molecular flexibility index (Phi) is 6.81. The lowest BCUT2D eigenvalue weighted by molar-refractivity contribution is -0.124. The van der Waals surface area contributed by atoms with Crippen molar-refractivity contribution in [3.8, 4) is 0 Å². The first-order valence-electron chi connectivity index (χ1n) is 10.1. The lowest BCUT2D eigenvalue weighted by atomic mass is 10.1. The van der Waals surface area contributed by atoms with Crippen LogP contribution >= 0.6 is 28.1 Å². The van der Waals surface area contributed by atoms with Crippen LogP contribution in [0.15, 0.2) is 89.4 Å². The van der Waals surface area contributed by atoms with Crippen LogP contribution in [0.3, 0.4) is 0 Å². The van der Waals surface area contributed by atoms with E-state index >= 15 is 0 Å². The number of benzene rings is 3. The van der Waals surface area contributed by atoms with Crippen molar-refractivity contribution in [2.24, 2.45) is 0 Å². The lowest BCUT2D eigenvalue weighted by Gasteiger charge is -2.24. The van der Waals surface area contributed by atoms with Gasteiger partial charge < -0.3 is 5.32 Å². The molecule has 166 valence electrons. The summed E-state index contributed by atoms with van der Waals surface area (Å²) in [7, 11) is 0. The van der Waals surface area contributed by atoms with Crippen molar-refractivity contribution in [2.75, 3.05) is 10.2 Å². The van der Waals surface area contributed by atoms with Crippen molar-refractivity contribution in [3.63, 3.8) is 0 Å². The number of hydrogen-bond acceptors (Lipinski definition) is 4. The number of nitrogens with zero attached hydrogens (tertiary/aromatic N) is 2. The number of rotatable bonds is 6. The fourth-order valence-corrected chi connectivity index (χ4v) is 4.03. The fraction of sp³-hybridized carbons (Fsp3) is 0.0833. The van der Waals surface area contributed by atoms with Gasteiger partial charge in [0.25, 0.3) is 11.8 Å².